The summed E-state index contributed by atoms with van der Waals surface area (Å²) in [5.41, 5.74) is 2.10. The number of hydrogen-bond acceptors (Lipinski definition) is 3. The molecule has 0 radical (unpaired) electrons. The fourth-order valence-corrected chi connectivity index (χ4v) is 3.46. The third-order valence-corrected chi connectivity index (χ3v) is 4.81. The lowest BCUT2D eigenvalue weighted by molar-refractivity contribution is -0.120. The first kappa shape index (κ1) is 15.3. The van der Waals surface area contributed by atoms with Gasteiger partial charge in [0.2, 0.25) is 5.91 Å². The topological polar surface area (TPSA) is 41.6 Å². The van der Waals surface area contributed by atoms with E-state index in [0.717, 1.165) is 38.3 Å². The normalized spacial score (nSPS) is 23.3. The van der Waals surface area contributed by atoms with Gasteiger partial charge in [-0.1, -0.05) is 19.3 Å². The summed E-state index contributed by atoms with van der Waals surface area (Å²) in [6.45, 7) is 4.66. The molecule has 1 aliphatic carbocycles. The van der Waals surface area contributed by atoms with Crippen LogP contribution in [0.25, 0.3) is 0 Å². The number of morpholine rings is 1. The van der Waals surface area contributed by atoms with Crippen LogP contribution >= 0.6 is 0 Å². The number of hydrogen-bond donors (Lipinski definition) is 1. The van der Waals surface area contributed by atoms with Crippen molar-refractivity contribution in [2.24, 2.45) is 5.92 Å². The van der Waals surface area contributed by atoms with E-state index >= 15 is 0 Å². The first-order chi connectivity index (χ1) is 10.7. The summed E-state index contributed by atoms with van der Waals surface area (Å²) >= 11 is 0. The summed E-state index contributed by atoms with van der Waals surface area (Å²) < 4.78 is 5.48. The molecule has 1 aromatic carbocycles. The number of benzene rings is 1. The Labute approximate surface area is 132 Å². The minimum Gasteiger partial charge on any atom is -0.377 e. The van der Waals surface area contributed by atoms with Gasteiger partial charge in [-0.25, -0.2) is 0 Å². The van der Waals surface area contributed by atoms with Gasteiger partial charge in [0, 0.05) is 29.9 Å². The van der Waals surface area contributed by atoms with Crippen LogP contribution in [0, 0.1) is 5.92 Å². The van der Waals surface area contributed by atoms with E-state index in [0.29, 0.717) is 6.04 Å². The lowest BCUT2D eigenvalue weighted by Crippen LogP contribution is -2.43. The van der Waals surface area contributed by atoms with Crippen molar-refractivity contribution in [3.05, 3.63) is 24.3 Å². The van der Waals surface area contributed by atoms with Crippen molar-refractivity contribution in [1.29, 1.82) is 0 Å². The Bertz CT molecular complexity index is 494. The SMILES string of the molecule is CC1COCCN1c1ccc(NC(=O)C2CCCCC2)cc1. The zero-order valence-electron chi connectivity index (χ0n) is 13.4. The zero-order valence-corrected chi connectivity index (χ0v) is 13.4. The van der Waals surface area contributed by atoms with Gasteiger partial charge in [-0.3, -0.25) is 4.79 Å². The lowest BCUT2D eigenvalue weighted by atomic mass is 9.88. The van der Waals surface area contributed by atoms with Crippen LogP contribution in [0.15, 0.2) is 24.3 Å². The van der Waals surface area contributed by atoms with Crippen LogP contribution in [0.1, 0.15) is 39.0 Å². The van der Waals surface area contributed by atoms with E-state index in [1.807, 2.05) is 12.1 Å². The first-order valence-corrected chi connectivity index (χ1v) is 8.49. The van der Waals surface area contributed by atoms with Gasteiger partial charge in [0.15, 0.2) is 0 Å². The first-order valence-electron chi connectivity index (χ1n) is 8.49. The molecular weight excluding hydrogens is 276 g/mol. The number of nitrogens with zero attached hydrogens (tertiary/aromatic N) is 1. The number of carbonyl (C=O) groups is 1. The van der Waals surface area contributed by atoms with Crippen molar-refractivity contribution >= 4 is 17.3 Å². The summed E-state index contributed by atoms with van der Waals surface area (Å²) in [6.07, 6.45) is 5.72. The molecule has 2 aliphatic rings. The standard InChI is InChI=1S/C18H26N2O2/c1-14-13-22-12-11-20(14)17-9-7-16(8-10-17)19-18(21)15-5-3-2-4-6-15/h7-10,14-15H,2-6,11-13H2,1H3,(H,19,21). The number of carbonyl (C=O) groups excluding carboxylic acids is 1. The predicted molar refractivity (Wildman–Crippen MR) is 89.3 cm³/mol. The minimum atomic E-state index is 0.187. The van der Waals surface area contributed by atoms with Crippen molar-refractivity contribution < 1.29 is 9.53 Å². The van der Waals surface area contributed by atoms with Crippen LogP contribution < -0.4 is 10.2 Å². The van der Waals surface area contributed by atoms with E-state index < -0.39 is 0 Å². The molecule has 1 amide bonds. The summed E-state index contributed by atoms with van der Waals surface area (Å²) in [7, 11) is 0. The van der Waals surface area contributed by atoms with E-state index in [-0.39, 0.29) is 11.8 Å². The predicted octanol–water partition coefficient (Wildman–Crippen LogP) is 3.43. The Morgan fingerprint density at radius 2 is 1.91 bits per heavy atom. The second-order valence-electron chi connectivity index (χ2n) is 6.49. The minimum absolute atomic E-state index is 0.187. The van der Waals surface area contributed by atoms with Gasteiger partial charge < -0.3 is 15.0 Å². The molecule has 3 rings (SSSR count). The lowest BCUT2D eigenvalue weighted by Gasteiger charge is -2.35. The fourth-order valence-electron chi connectivity index (χ4n) is 3.46. The monoisotopic (exact) mass is 302 g/mol. The van der Waals surface area contributed by atoms with Crippen LogP contribution in [0.3, 0.4) is 0 Å². The maximum absolute atomic E-state index is 12.3. The second kappa shape index (κ2) is 7.14. The molecule has 1 saturated carbocycles. The van der Waals surface area contributed by atoms with Gasteiger partial charge in [0.25, 0.3) is 0 Å². The van der Waals surface area contributed by atoms with Gasteiger partial charge in [0.05, 0.1) is 13.2 Å². The van der Waals surface area contributed by atoms with Crippen LogP contribution in [-0.2, 0) is 9.53 Å². The van der Waals surface area contributed by atoms with Crippen LogP contribution in [-0.4, -0.2) is 31.7 Å². The average molecular weight is 302 g/mol. The van der Waals surface area contributed by atoms with Crippen molar-refractivity contribution in [2.75, 3.05) is 30.0 Å². The Morgan fingerprint density at radius 3 is 2.59 bits per heavy atom. The summed E-state index contributed by atoms with van der Waals surface area (Å²) in [5, 5.41) is 3.07. The summed E-state index contributed by atoms with van der Waals surface area (Å²) in [4.78, 5) is 14.6. The molecule has 120 valence electrons. The average Bonchev–Trinajstić information content (AvgIpc) is 2.57. The molecule has 1 aromatic rings. The second-order valence-corrected chi connectivity index (χ2v) is 6.49. The Morgan fingerprint density at radius 1 is 1.18 bits per heavy atom. The molecule has 0 bridgehead atoms. The highest BCUT2D eigenvalue weighted by Crippen LogP contribution is 2.26. The van der Waals surface area contributed by atoms with Crippen LogP contribution in [0.5, 0.6) is 0 Å². The third kappa shape index (κ3) is 3.61. The third-order valence-electron chi connectivity index (χ3n) is 4.81. The van der Waals surface area contributed by atoms with Gasteiger partial charge in [0.1, 0.15) is 0 Å². The van der Waals surface area contributed by atoms with Gasteiger partial charge >= 0.3 is 0 Å². The van der Waals surface area contributed by atoms with Gasteiger partial charge in [-0.2, -0.15) is 0 Å². The Kier molecular flexibility index (Phi) is 4.98. The molecule has 1 N–H and O–H groups in total. The smallest absolute Gasteiger partial charge is 0.227 e. The molecule has 1 heterocycles. The van der Waals surface area contributed by atoms with E-state index in [9.17, 15) is 4.79 Å². The highest BCUT2D eigenvalue weighted by molar-refractivity contribution is 5.92. The number of anilines is 2. The van der Waals surface area contributed by atoms with Crippen LogP contribution in [0.2, 0.25) is 0 Å². The molecule has 22 heavy (non-hydrogen) atoms. The maximum Gasteiger partial charge on any atom is 0.227 e. The highest BCUT2D eigenvalue weighted by Gasteiger charge is 2.22. The number of rotatable bonds is 3. The largest absolute Gasteiger partial charge is 0.377 e. The maximum atomic E-state index is 12.3. The van der Waals surface area contributed by atoms with Crippen molar-refractivity contribution in [2.45, 2.75) is 45.1 Å². The number of nitrogens with one attached hydrogen (secondary N) is 1. The molecule has 2 fully saturated rings. The number of ether oxygens (including phenoxy) is 1. The van der Waals surface area contributed by atoms with Crippen molar-refractivity contribution in [3.63, 3.8) is 0 Å². The molecule has 4 nitrogen and oxygen atoms in total. The van der Waals surface area contributed by atoms with E-state index in [1.54, 1.807) is 0 Å². The fraction of sp³-hybridized carbons (Fsp3) is 0.611. The van der Waals surface area contributed by atoms with E-state index in [4.69, 9.17) is 4.74 Å². The van der Waals surface area contributed by atoms with Crippen molar-refractivity contribution in [3.8, 4) is 0 Å². The molecule has 1 saturated heterocycles. The van der Waals surface area contributed by atoms with Crippen LogP contribution in [0.4, 0.5) is 11.4 Å². The molecule has 4 heteroatoms. The molecule has 1 aliphatic heterocycles. The Hall–Kier alpha value is -1.55. The quantitative estimate of drug-likeness (QED) is 0.930. The molecular formula is C18H26N2O2. The van der Waals surface area contributed by atoms with Crippen molar-refractivity contribution in [1.82, 2.24) is 0 Å². The Balaban J connectivity index is 1.60. The zero-order chi connectivity index (χ0) is 15.4. The summed E-state index contributed by atoms with van der Waals surface area (Å²) in [6, 6.07) is 8.61. The van der Waals surface area contributed by atoms with E-state index in [1.165, 1.54) is 24.9 Å². The highest BCUT2D eigenvalue weighted by atomic mass is 16.5. The molecule has 1 atom stereocenters. The molecule has 1 unspecified atom stereocenters. The number of amides is 1. The summed E-state index contributed by atoms with van der Waals surface area (Å²) in [5.74, 6) is 0.389. The molecule has 0 spiro atoms. The van der Waals surface area contributed by atoms with Gasteiger partial charge in [-0.05, 0) is 44.0 Å². The molecule has 0 aromatic heterocycles. The van der Waals surface area contributed by atoms with Gasteiger partial charge in [-0.15, -0.1) is 0 Å². The van der Waals surface area contributed by atoms with E-state index in [2.05, 4.69) is 29.3 Å².